The van der Waals surface area contributed by atoms with E-state index in [1.165, 1.54) is 6.33 Å². The summed E-state index contributed by atoms with van der Waals surface area (Å²) in [6.07, 6.45) is 2.37. The smallest absolute Gasteiger partial charge is 0.272 e. The Balaban J connectivity index is 1.61. The van der Waals surface area contributed by atoms with Crippen molar-refractivity contribution in [2.75, 3.05) is 13.1 Å². The van der Waals surface area contributed by atoms with Crippen LogP contribution in [0.15, 0.2) is 36.7 Å². The van der Waals surface area contributed by atoms with Crippen LogP contribution in [-0.4, -0.2) is 43.5 Å². The fourth-order valence-corrected chi connectivity index (χ4v) is 3.81. The molecule has 3 heterocycles. The number of rotatable bonds is 3. The molecule has 0 radical (unpaired) electrons. The van der Waals surface area contributed by atoms with E-state index in [9.17, 15) is 4.79 Å². The maximum Gasteiger partial charge on any atom is 0.272 e. The molecule has 2 aromatic heterocycles. The predicted molar refractivity (Wildman–Crippen MR) is 99.6 cm³/mol. The molecule has 1 aliphatic heterocycles. The van der Waals surface area contributed by atoms with Crippen molar-refractivity contribution < 1.29 is 4.79 Å². The monoisotopic (exact) mass is 369 g/mol. The van der Waals surface area contributed by atoms with Gasteiger partial charge in [-0.25, -0.2) is 9.50 Å². The van der Waals surface area contributed by atoms with Gasteiger partial charge in [-0.3, -0.25) is 4.79 Å². The van der Waals surface area contributed by atoms with Crippen LogP contribution in [0.3, 0.4) is 0 Å². The number of hydrogen-bond acceptors (Lipinski definition) is 4. The Morgan fingerprint density at radius 2 is 2.12 bits per heavy atom. The molecule has 7 heteroatoms. The van der Waals surface area contributed by atoms with Gasteiger partial charge >= 0.3 is 0 Å². The number of nitrogens with zero attached hydrogens (tertiary/aromatic N) is 5. The highest BCUT2D eigenvalue weighted by Gasteiger charge is 2.30. The molecule has 1 amide bonds. The number of benzene rings is 1. The Hall–Kier alpha value is -2.47. The van der Waals surface area contributed by atoms with Crippen LogP contribution in [0.2, 0.25) is 5.02 Å². The zero-order valence-electron chi connectivity index (χ0n) is 14.8. The fraction of sp³-hybridized carbons (Fsp3) is 0.368. The summed E-state index contributed by atoms with van der Waals surface area (Å²) in [4.78, 5) is 23.4. The van der Waals surface area contributed by atoms with E-state index in [4.69, 9.17) is 11.6 Å². The van der Waals surface area contributed by atoms with Crippen molar-refractivity contribution in [3.05, 3.63) is 58.6 Å². The number of fused-ring (bicyclic) bond motifs is 1. The lowest BCUT2D eigenvalue weighted by molar-refractivity contribution is 0.0785. The van der Waals surface area contributed by atoms with Crippen LogP contribution < -0.4 is 0 Å². The Bertz CT molecular complexity index is 967. The van der Waals surface area contributed by atoms with Crippen LogP contribution in [0.1, 0.15) is 53.8 Å². The predicted octanol–water partition coefficient (Wildman–Crippen LogP) is 3.53. The van der Waals surface area contributed by atoms with E-state index in [-0.39, 0.29) is 17.7 Å². The third kappa shape index (κ3) is 2.94. The number of aromatic nitrogens is 4. The van der Waals surface area contributed by atoms with Crippen LogP contribution in [0.25, 0.3) is 5.78 Å². The molecule has 1 aliphatic rings. The van der Waals surface area contributed by atoms with Gasteiger partial charge in [0.25, 0.3) is 11.7 Å². The van der Waals surface area contributed by atoms with E-state index in [1.807, 2.05) is 35.2 Å². The van der Waals surface area contributed by atoms with Gasteiger partial charge in [-0.1, -0.05) is 43.6 Å². The molecule has 1 aromatic carbocycles. The van der Waals surface area contributed by atoms with Gasteiger partial charge in [0.15, 0.2) is 0 Å². The number of amides is 1. The summed E-state index contributed by atoms with van der Waals surface area (Å²) >= 11 is 6.32. The van der Waals surface area contributed by atoms with Crippen LogP contribution in [-0.2, 0) is 0 Å². The summed E-state index contributed by atoms with van der Waals surface area (Å²) in [6.45, 7) is 5.48. The van der Waals surface area contributed by atoms with Gasteiger partial charge in [-0.15, -0.1) is 0 Å². The van der Waals surface area contributed by atoms with Crippen LogP contribution in [0.5, 0.6) is 0 Å². The second-order valence-electron chi connectivity index (χ2n) is 6.95. The summed E-state index contributed by atoms with van der Waals surface area (Å²) in [5, 5.41) is 4.96. The first-order chi connectivity index (χ1) is 12.5. The van der Waals surface area contributed by atoms with Gasteiger partial charge in [0.05, 0.1) is 5.69 Å². The zero-order valence-corrected chi connectivity index (χ0v) is 15.5. The van der Waals surface area contributed by atoms with Crippen molar-refractivity contribution in [3.63, 3.8) is 0 Å². The van der Waals surface area contributed by atoms with Crippen molar-refractivity contribution in [2.45, 2.75) is 32.1 Å². The number of halogens is 1. The maximum absolute atomic E-state index is 13.0. The molecule has 0 aliphatic carbocycles. The Kier molecular flexibility index (Phi) is 4.36. The quantitative estimate of drug-likeness (QED) is 0.708. The molecule has 134 valence electrons. The van der Waals surface area contributed by atoms with E-state index in [2.05, 4.69) is 28.9 Å². The first-order valence-electron chi connectivity index (χ1n) is 8.79. The van der Waals surface area contributed by atoms with Crippen molar-refractivity contribution in [2.24, 2.45) is 0 Å². The van der Waals surface area contributed by atoms with Gasteiger partial charge in [0, 0.05) is 24.0 Å². The van der Waals surface area contributed by atoms with Crippen LogP contribution in [0, 0.1) is 0 Å². The van der Waals surface area contributed by atoms with E-state index in [1.54, 1.807) is 4.52 Å². The average molecular weight is 370 g/mol. The third-order valence-electron chi connectivity index (χ3n) is 4.91. The Labute approximate surface area is 156 Å². The Morgan fingerprint density at radius 3 is 2.88 bits per heavy atom. The van der Waals surface area contributed by atoms with E-state index in [0.717, 1.165) is 22.7 Å². The molecule has 1 unspecified atom stereocenters. The van der Waals surface area contributed by atoms with Crippen molar-refractivity contribution in [1.82, 2.24) is 24.5 Å². The minimum atomic E-state index is -0.0630. The molecule has 0 N–H and O–H groups in total. The van der Waals surface area contributed by atoms with Crippen molar-refractivity contribution in [3.8, 4) is 0 Å². The molecule has 0 spiro atoms. The highest BCUT2D eigenvalue weighted by molar-refractivity contribution is 6.31. The molecule has 26 heavy (non-hydrogen) atoms. The summed E-state index contributed by atoms with van der Waals surface area (Å²) in [6, 6.07) is 9.68. The van der Waals surface area contributed by atoms with Gasteiger partial charge in [-0.05, 0) is 30.0 Å². The SMILES string of the molecule is CC(C)c1cc(C(=O)N2CCC(c3ccccc3Cl)C2)nc2ncnn12. The summed E-state index contributed by atoms with van der Waals surface area (Å²) in [7, 11) is 0. The highest BCUT2D eigenvalue weighted by Crippen LogP contribution is 2.32. The van der Waals surface area contributed by atoms with Gasteiger partial charge in [0.1, 0.15) is 12.0 Å². The number of hydrogen-bond donors (Lipinski definition) is 0. The van der Waals surface area contributed by atoms with Crippen LogP contribution in [0.4, 0.5) is 0 Å². The maximum atomic E-state index is 13.0. The molecule has 3 aromatic rings. The van der Waals surface area contributed by atoms with E-state index in [0.29, 0.717) is 24.6 Å². The Morgan fingerprint density at radius 1 is 1.31 bits per heavy atom. The van der Waals surface area contributed by atoms with Crippen molar-refractivity contribution >= 4 is 23.3 Å². The topological polar surface area (TPSA) is 63.4 Å². The zero-order chi connectivity index (χ0) is 18.3. The number of carbonyl (C=O) groups is 1. The standard InChI is InChI=1S/C19H20ClN5O/c1-12(2)17-9-16(23-19-21-11-22-25(17)19)18(26)24-8-7-13(10-24)14-5-3-4-6-15(14)20/h3-6,9,11-13H,7-8,10H2,1-2H3. The van der Waals surface area contributed by atoms with E-state index >= 15 is 0 Å². The molecule has 1 saturated heterocycles. The molecule has 0 saturated carbocycles. The van der Waals surface area contributed by atoms with Crippen molar-refractivity contribution in [1.29, 1.82) is 0 Å². The van der Waals surface area contributed by atoms with Gasteiger partial charge in [0.2, 0.25) is 0 Å². The van der Waals surface area contributed by atoms with Crippen LogP contribution >= 0.6 is 11.6 Å². The third-order valence-corrected chi connectivity index (χ3v) is 5.25. The van der Waals surface area contributed by atoms with E-state index < -0.39 is 0 Å². The minimum absolute atomic E-state index is 0.0630. The molecule has 4 rings (SSSR count). The molecular formula is C19H20ClN5O. The molecule has 0 bridgehead atoms. The number of likely N-dealkylation sites (tertiary alicyclic amines) is 1. The van der Waals surface area contributed by atoms with Gasteiger partial charge < -0.3 is 4.90 Å². The minimum Gasteiger partial charge on any atom is -0.337 e. The lowest BCUT2D eigenvalue weighted by Crippen LogP contribution is -2.29. The fourth-order valence-electron chi connectivity index (χ4n) is 3.52. The summed E-state index contributed by atoms with van der Waals surface area (Å²) in [5.41, 5.74) is 2.46. The second-order valence-corrected chi connectivity index (χ2v) is 7.36. The normalized spacial score (nSPS) is 17.4. The molecule has 1 atom stereocenters. The molecule has 1 fully saturated rings. The first-order valence-corrected chi connectivity index (χ1v) is 9.16. The first kappa shape index (κ1) is 17.0. The lowest BCUT2D eigenvalue weighted by Gasteiger charge is -2.18. The lowest BCUT2D eigenvalue weighted by atomic mass is 9.98. The average Bonchev–Trinajstić information content (AvgIpc) is 3.29. The summed E-state index contributed by atoms with van der Waals surface area (Å²) in [5.74, 6) is 0.866. The largest absolute Gasteiger partial charge is 0.337 e. The molecule has 6 nitrogen and oxygen atoms in total. The highest BCUT2D eigenvalue weighted by atomic mass is 35.5. The summed E-state index contributed by atoms with van der Waals surface area (Å²) < 4.78 is 1.69. The van der Waals surface area contributed by atoms with Gasteiger partial charge in [-0.2, -0.15) is 10.1 Å². The molecular weight excluding hydrogens is 350 g/mol. The second kappa shape index (κ2) is 6.68. The number of carbonyl (C=O) groups excluding carboxylic acids is 1.